The summed E-state index contributed by atoms with van der Waals surface area (Å²) >= 11 is 0. The van der Waals surface area contributed by atoms with Gasteiger partial charge in [-0.15, -0.1) is 19.7 Å². The fourth-order valence-electron chi connectivity index (χ4n) is 1.60. The van der Waals surface area contributed by atoms with Gasteiger partial charge in [0.1, 0.15) is 0 Å². The maximum Gasteiger partial charge on any atom is -0.0417 e. The van der Waals surface area contributed by atoms with Crippen LogP contribution in [0, 0.1) is 11.8 Å². The second-order valence-electron chi connectivity index (χ2n) is 4.92. The van der Waals surface area contributed by atoms with Gasteiger partial charge < -0.3 is 0 Å². The lowest BCUT2D eigenvalue weighted by Crippen LogP contribution is -2.08. The molecule has 1 atom stereocenters. The molecule has 124 valence electrons. The number of hydrogen-bond donors (Lipinski definition) is 0. The fourth-order valence-corrected chi connectivity index (χ4v) is 1.60. The van der Waals surface area contributed by atoms with Crippen LogP contribution in [0.1, 0.15) is 93.4 Å². The topological polar surface area (TPSA) is 0 Å². The molecule has 0 aromatic rings. The van der Waals surface area contributed by atoms with Gasteiger partial charge >= 0.3 is 0 Å². The lowest BCUT2D eigenvalue weighted by Gasteiger charge is -2.22. The predicted molar refractivity (Wildman–Crippen MR) is 100 cm³/mol. The molecule has 1 aliphatic carbocycles. The van der Waals surface area contributed by atoms with Gasteiger partial charge in [0, 0.05) is 0 Å². The van der Waals surface area contributed by atoms with Crippen LogP contribution in [0.3, 0.4) is 0 Å². The molecule has 20 heavy (non-hydrogen) atoms. The van der Waals surface area contributed by atoms with Crippen LogP contribution in [-0.2, 0) is 0 Å². The van der Waals surface area contributed by atoms with E-state index >= 15 is 0 Å². The van der Waals surface area contributed by atoms with Crippen molar-refractivity contribution in [3.63, 3.8) is 0 Å². The maximum atomic E-state index is 3.36. The molecule has 0 heterocycles. The molecule has 1 aliphatic rings. The molecule has 1 fully saturated rings. The van der Waals surface area contributed by atoms with Crippen LogP contribution in [0.4, 0.5) is 0 Å². The van der Waals surface area contributed by atoms with Crippen molar-refractivity contribution in [3.05, 3.63) is 25.8 Å². The average molecular weight is 285 g/mol. The van der Waals surface area contributed by atoms with Gasteiger partial charge in [-0.2, -0.15) is 0 Å². The third-order valence-electron chi connectivity index (χ3n) is 3.28. The molecule has 0 aromatic heterocycles. The molecular formula is C20H44. The molecule has 1 unspecified atom stereocenters. The summed E-state index contributed by atoms with van der Waals surface area (Å²) in [5, 5.41) is 0. The zero-order chi connectivity index (χ0) is 16.8. The van der Waals surface area contributed by atoms with Crippen molar-refractivity contribution in [3.8, 4) is 0 Å². The van der Waals surface area contributed by atoms with Gasteiger partial charge in [-0.1, -0.05) is 92.6 Å². The Morgan fingerprint density at radius 2 is 1.50 bits per heavy atom. The van der Waals surface area contributed by atoms with E-state index in [-0.39, 0.29) is 0 Å². The van der Waals surface area contributed by atoms with Crippen LogP contribution < -0.4 is 0 Å². The second kappa shape index (κ2) is 31.1. The minimum absolute atomic E-state index is 0.949. The molecule has 0 bridgehead atoms. The molecule has 0 aromatic carbocycles. The molecule has 0 heteroatoms. The van der Waals surface area contributed by atoms with E-state index in [9.17, 15) is 0 Å². The zero-order valence-electron chi connectivity index (χ0n) is 15.8. The summed E-state index contributed by atoms with van der Waals surface area (Å²) in [7, 11) is 0. The molecule has 0 spiro atoms. The first-order valence-electron chi connectivity index (χ1n) is 8.73. The van der Waals surface area contributed by atoms with Gasteiger partial charge in [0.2, 0.25) is 0 Å². The van der Waals surface area contributed by atoms with Gasteiger partial charge in [-0.25, -0.2) is 0 Å². The normalized spacial score (nSPS) is 13.2. The molecule has 0 nitrogen and oxygen atoms in total. The van der Waals surface area contributed by atoms with Crippen molar-refractivity contribution < 1.29 is 0 Å². The van der Waals surface area contributed by atoms with E-state index in [1.165, 1.54) is 44.9 Å². The summed E-state index contributed by atoms with van der Waals surface area (Å²) in [6, 6.07) is 0. The first-order valence-corrected chi connectivity index (χ1v) is 8.73. The quantitative estimate of drug-likeness (QED) is 0.458. The standard InChI is InChI=1S/C7H16.C6H12.C3H6.C2H6.C2H4/c1-4-6-7(3)5-2;1-2-6-4-3-5-6;1-3-2;2*1-2/h7H,4-6H2,1-3H3;6H,2-5H2,1H3;3H,1H2,2H3;1-2H3;1-2H2. The summed E-state index contributed by atoms with van der Waals surface area (Å²) in [6.07, 6.45) is 11.8. The van der Waals surface area contributed by atoms with Crippen LogP contribution in [0.25, 0.3) is 0 Å². The lowest BCUT2D eigenvalue weighted by molar-refractivity contribution is 0.307. The molecule has 0 amide bonds. The Kier molecular flexibility index (Phi) is 43.1. The molecule has 1 rings (SSSR count). The largest absolute Gasteiger partial charge is 0.106 e. The van der Waals surface area contributed by atoms with Crippen molar-refractivity contribution in [1.29, 1.82) is 0 Å². The van der Waals surface area contributed by atoms with Crippen LogP contribution in [0.2, 0.25) is 0 Å². The Labute approximate surface area is 131 Å². The second-order valence-corrected chi connectivity index (χ2v) is 4.92. The van der Waals surface area contributed by atoms with E-state index in [0.717, 1.165) is 11.8 Å². The van der Waals surface area contributed by atoms with E-state index in [2.05, 4.69) is 47.4 Å². The van der Waals surface area contributed by atoms with Crippen molar-refractivity contribution in [2.45, 2.75) is 93.4 Å². The molecule has 0 radical (unpaired) electrons. The Balaban J connectivity index is -0.0000000895. The summed E-state index contributed by atoms with van der Waals surface area (Å²) < 4.78 is 0. The zero-order valence-corrected chi connectivity index (χ0v) is 15.8. The molecule has 0 N–H and O–H groups in total. The van der Waals surface area contributed by atoms with Crippen molar-refractivity contribution in [2.24, 2.45) is 11.8 Å². The molecule has 0 aliphatic heterocycles. The predicted octanol–water partition coefficient (Wildman–Crippen LogP) is 8.05. The summed E-state index contributed by atoms with van der Waals surface area (Å²) in [6.45, 7) is 24.3. The van der Waals surface area contributed by atoms with E-state index in [1.807, 2.05) is 20.8 Å². The van der Waals surface area contributed by atoms with Gasteiger partial charge in [-0.3, -0.25) is 0 Å². The highest BCUT2D eigenvalue weighted by molar-refractivity contribution is 4.66. The Bertz CT molecular complexity index is 130. The first-order chi connectivity index (χ1) is 9.65. The minimum atomic E-state index is 0.949. The maximum absolute atomic E-state index is 3.36. The molecule has 1 saturated carbocycles. The van der Waals surface area contributed by atoms with Crippen molar-refractivity contribution in [1.82, 2.24) is 0 Å². The fraction of sp³-hybridized carbons (Fsp3) is 0.800. The SMILES string of the molecule is C=C.C=CC.CC.CCC1CCC1.CCCC(C)CC. The van der Waals surface area contributed by atoms with Crippen molar-refractivity contribution >= 4 is 0 Å². The Hall–Kier alpha value is -0.520. The number of rotatable bonds is 4. The van der Waals surface area contributed by atoms with Gasteiger partial charge in [0.15, 0.2) is 0 Å². The Morgan fingerprint density at radius 1 is 1.10 bits per heavy atom. The monoisotopic (exact) mass is 284 g/mol. The van der Waals surface area contributed by atoms with Crippen molar-refractivity contribution in [2.75, 3.05) is 0 Å². The minimum Gasteiger partial charge on any atom is -0.106 e. The number of hydrogen-bond acceptors (Lipinski definition) is 0. The number of allylic oxidation sites excluding steroid dienone is 1. The van der Waals surface area contributed by atoms with Crippen LogP contribution >= 0.6 is 0 Å². The molecular weight excluding hydrogens is 240 g/mol. The van der Waals surface area contributed by atoms with Gasteiger partial charge in [-0.05, 0) is 18.8 Å². The molecule has 0 saturated heterocycles. The summed E-state index contributed by atoms with van der Waals surface area (Å²) in [5.74, 6) is 2.06. The smallest absolute Gasteiger partial charge is 0.0417 e. The van der Waals surface area contributed by atoms with Gasteiger partial charge in [0.05, 0.1) is 0 Å². The van der Waals surface area contributed by atoms with E-state index in [0.29, 0.717) is 0 Å². The highest BCUT2D eigenvalue weighted by Gasteiger charge is 2.13. The highest BCUT2D eigenvalue weighted by atomic mass is 14.2. The first kappa shape index (κ1) is 27.8. The van der Waals surface area contributed by atoms with E-state index < -0.39 is 0 Å². The highest BCUT2D eigenvalue weighted by Crippen LogP contribution is 2.28. The third-order valence-corrected chi connectivity index (χ3v) is 3.28. The van der Waals surface area contributed by atoms with E-state index in [1.54, 1.807) is 6.08 Å². The van der Waals surface area contributed by atoms with Crippen LogP contribution in [-0.4, -0.2) is 0 Å². The van der Waals surface area contributed by atoms with Gasteiger partial charge in [0.25, 0.3) is 0 Å². The third kappa shape index (κ3) is 30.5. The average Bonchev–Trinajstić information content (AvgIpc) is 2.44. The van der Waals surface area contributed by atoms with Crippen LogP contribution in [0.15, 0.2) is 25.8 Å². The van der Waals surface area contributed by atoms with Crippen LogP contribution in [0.5, 0.6) is 0 Å². The van der Waals surface area contributed by atoms with E-state index in [4.69, 9.17) is 0 Å². The summed E-state index contributed by atoms with van der Waals surface area (Å²) in [5.41, 5.74) is 0. The lowest BCUT2D eigenvalue weighted by atomic mass is 9.84. The summed E-state index contributed by atoms with van der Waals surface area (Å²) in [4.78, 5) is 0. The Morgan fingerprint density at radius 3 is 1.55 bits per heavy atom.